The minimum Gasteiger partial charge on any atom is -0.504 e. The normalized spacial score (nSPS) is 12.4. The molecular formula is C13H21NO2. The summed E-state index contributed by atoms with van der Waals surface area (Å²) in [5.41, 5.74) is 7.08. The van der Waals surface area contributed by atoms with Gasteiger partial charge in [-0.1, -0.05) is 25.8 Å². The molecule has 3 nitrogen and oxygen atoms in total. The smallest absolute Gasteiger partial charge is 0.161 e. The summed E-state index contributed by atoms with van der Waals surface area (Å²) in [6.45, 7) is 4.58. The molecule has 0 radical (unpaired) electrons. The second-order valence-electron chi connectivity index (χ2n) is 3.91. The summed E-state index contributed by atoms with van der Waals surface area (Å²) >= 11 is 0. The average molecular weight is 223 g/mol. The quantitative estimate of drug-likeness (QED) is 0.779. The monoisotopic (exact) mass is 223 g/mol. The van der Waals surface area contributed by atoms with Crippen molar-refractivity contribution < 1.29 is 9.84 Å². The van der Waals surface area contributed by atoms with E-state index in [2.05, 4.69) is 6.92 Å². The number of aromatic hydroxyl groups is 1. The molecule has 1 aromatic carbocycles. The Hall–Kier alpha value is -1.22. The second kappa shape index (κ2) is 6.38. The van der Waals surface area contributed by atoms with Crippen molar-refractivity contribution in [2.45, 2.75) is 39.2 Å². The van der Waals surface area contributed by atoms with E-state index < -0.39 is 0 Å². The van der Waals surface area contributed by atoms with Gasteiger partial charge < -0.3 is 15.6 Å². The van der Waals surface area contributed by atoms with Gasteiger partial charge in [0.05, 0.1) is 6.61 Å². The lowest BCUT2D eigenvalue weighted by Gasteiger charge is -2.13. The Kier molecular flexibility index (Phi) is 5.12. The predicted octanol–water partition coefficient (Wildman–Crippen LogP) is 2.98. The number of phenolic OH excluding ortho intramolecular Hbond substituents is 1. The van der Waals surface area contributed by atoms with E-state index in [0.717, 1.165) is 24.8 Å². The molecule has 3 heteroatoms. The molecule has 0 unspecified atom stereocenters. The van der Waals surface area contributed by atoms with Gasteiger partial charge in [0.2, 0.25) is 0 Å². The Labute approximate surface area is 97.2 Å². The number of hydrogen-bond acceptors (Lipinski definition) is 3. The molecule has 0 fully saturated rings. The largest absolute Gasteiger partial charge is 0.504 e. The molecule has 0 saturated carbocycles. The van der Waals surface area contributed by atoms with Crippen LogP contribution in [-0.2, 0) is 0 Å². The highest BCUT2D eigenvalue weighted by atomic mass is 16.5. The van der Waals surface area contributed by atoms with Gasteiger partial charge in [-0.3, -0.25) is 0 Å². The van der Waals surface area contributed by atoms with Crippen molar-refractivity contribution in [3.05, 3.63) is 23.8 Å². The molecule has 1 atom stereocenters. The van der Waals surface area contributed by atoms with Crippen LogP contribution in [0.25, 0.3) is 0 Å². The molecule has 16 heavy (non-hydrogen) atoms. The van der Waals surface area contributed by atoms with Gasteiger partial charge in [0.25, 0.3) is 0 Å². The van der Waals surface area contributed by atoms with Crippen molar-refractivity contribution in [2.75, 3.05) is 6.61 Å². The van der Waals surface area contributed by atoms with Crippen LogP contribution in [0.3, 0.4) is 0 Å². The van der Waals surface area contributed by atoms with Gasteiger partial charge in [-0.25, -0.2) is 0 Å². The third-order valence-electron chi connectivity index (χ3n) is 2.58. The van der Waals surface area contributed by atoms with Crippen LogP contribution in [0.1, 0.15) is 44.7 Å². The van der Waals surface area contributed by atoms with E-state index in [1.807, 2.05) is 19.1 Å². The molecule has 1 aromatic rings. The fraction of sp³-hybridized carbons (Fsp3) is 0.538. The fourth-order valence-electron chi connectivity index (χ4n) is 1.62. The van der Waals surface area contributed by atoms with Crippen LogP contribution >= 0.6 is 0 Å². The molecule has 0 aliphatic rings. The number of ether oxygens (including phenoxy) is 1. The van der Waals surface area contributed by atoms with Crippen LogP contribution in [0.15, 0.2) is 18.2 Å². The Morgan fingerprint density at radius 1 is 1.38 bits per heavy atom. The lowest BCUT2D eigenvalue weighted by molar-refractivity contribution is 0.317. The summed E-state index contributed by atoms with van der Waals surface area (Å²) in [6, 6.07) is 5.36. The van der Waals surface area contributed by atoms with Crippen molar-refractivity contribution in [1.29, 1.82) is 0 Å². The zero-order valence-electron chi connectivity index (χ0n) is 10.1. The summed E-state index contributed by atoms with van der Waals surface area (Å²) in [6.07, 6.45) is 3.23. The molecule has 0 amide bonds. The summed E-state index contributed by atoms with van der Waals surface area (Å²) in [5, 5.41) is 9.56. The Morgan fingerprint density at radius 2 is 2.12 bits per heavy atom. The minimum atomic E-state index is 0.0276. The van der Waals surface area contributed by atoms with Crippen LogP contribution in [0.5, 0.6) is 11.5 Å². The van der Waals surface area contributed by atoms with Crippen molar-refractivity contribution in [1.82, 2.24) is 0 Å². The first-order valence-corrected chi connectivity index (χ1v) is 5.90. The number of benzene rings is 1. The van der Waals surface area contributed by atoms with Gasteiger partial charge in [0, 0.05) is 6.04 Å². The highest BCUT2D eigenvalue weighted by molar-refractivity contribution is 5.42. The van der Waals surface area contributed by atoms with Gasteiger partial charge in [-0.2, -0.15) is 0 Å². The first-order valence-electron chi connectivity index (χ1n) is 5.90. The van der Waals surface area contributed by atoms with Gasteiger partial charge in [-0.05, 0) is 31.0 Å². The molecule has 0 aliphatic carbocycles. The van der Waals surface area contributed by atoms with E-state index in [1.165, 1.54) is 0 Å². The molecular weight excluding hydrogens is 202 g/mol. The maximum absolute atomic E-state index is 9.56. The Bertz CT molecular complexity index is 326. The lowest BCUT2D eigenvalue weighted by atomic mass is 10.0. The van der Waals surface area contributed by atoms with Crippen LogP contribution < -0.4 is 10.5 Å². The SMILES string of the molecule is CCCC[C@@H](N)c1ccc(O)c(OCC)c1. The van der Waals surface area contributed by atoms with Crippen molar-refractivity contribution in [3.8, 4) is 11.5 Å². The van der Waals surface area contributed by atoms with E-state index in [-0.39, 0.29) is 11.8 Å². The van der Waals surface area contributed by atoms with Gasteiger partial charge in [-0.15, -0.1) is 0 Å². The Morgan fingerprint density at radius 3 is 2.75 bits per heavy atom. The first-order chi connectivity index (χ1) is 7.69. The zero-order chi connectivity index (χ0) is 12.0. The topological polar surface area (TPSA) is 55.5 Å². The van der Waals surface area contributed by atoms with Gasteiger partial charge in [0.15, 0.2) is 11.5 Å². The van der Waals surface area contributed by atoms with Crippen molar-refractivity contribution >= 4 is 0 Å². The Balaban J connectivity index is 2.76. The average Bonchev–Trinajstić information content (AvgIpc) is 2.29. The molecule has 0 aromatic heterocycles. The number of rotatable bonds is 6. The van der Waals surface area contributed by atoms with Crippen LogP contribution in [-0.4, -0.2) is 11.7 Å². The maximum Gasteiger partial charge on any atom is 0.161 e. The van der Waals surface area contributed by atoms with E-state index in [9.17, 15) is 5.11 Å². The number of unbranched alkanes of at least 4 members (excludes halogenated alkanes) is 1. The highest BCUT2D eigenvalue weighted by Gasteiger charge is 2.09. The standard InChI is InChI=1S/C13H21NO2/c1-3-5-6-11(14)10-7-8-12(15)13(9-10)16-4-2/h7-9,11,15H,3-6,14H2,1-2H3/t11-/m1/s1. The van der Waals surface area contributed by atoms with E-state index >= 15 is 0 Å². The fourth-order valence-corrected chi connectivity index (χ4v) is 1.62. The summed E-state index contributed by atoms with van der Waals surface area (Å²) in [7, 11) is 0. The third kappa shape index (κ3) is 3.42. The van der Waals surface area contributed by atoms with Crippen molar-refractivity contribution in [2.24, 2.45) is 5.73 Å². The van der Waals surface area contributed by atoms with Gasteiger partial charge in [0.1, 0.15) is 0 Å². The van der Waals surface area contributed by atoms with Gasteiger partial charge >= 0.3 is 0 Å². The van der Waals surface area contributed by atoms with Crippen molar-refractivity contribution in [3.63, 3.8) is 0 Å². The number of nitrogens with two attached hydrogens (primary N) is 1. The second-order valence-corrected chi connectivity index (χ2v) is 3.91. The summed E-state index contributed by atoms with van der Waals surface area (Å²) in [5.74, 6) is 0.695. The molecule has 0 heterocycles. The minimum absolute atomic E-state index is 0.0276. The van der Waals surface area contributed by atoms with Crippen LogP contribution in [0, 0.1) is 0 Å². The molecule has 0 aliphatic heterocycles. The van der Waals surface area contributed by atoms with E-state index in [4.69, 9.17) is 10.5 Å². The molecule has 90 valence electrons. The summed E-state index contributed by atoms with van der Waals surface area (Å²) in [4.78, 5) is 0. The van der Waals surface area contributed by atoms with Crippen LogP contribution in [0.2, 0.25) is 0 Å². The molecule has 0 saturated heterocycles. The first kappa shape index (κ1) is 12.8. The predicted molar refractivity (Wildman–Crippen MR) is 65.7 cm³/mol. The lowest BCUT2D eigenvalue weighted by Crippen LogP contribution is -2.10. The third-order valence-corrected chi connectivity index (χ3v) is 2.58. The molecule has 0 bridgehead atoms. The molecule has 1 rings (SSSR count). The number of hydrogen-bond donors (Lipinski definition) is 2. The zero-order valence-corrected chi connectivity index (χ0v) is 10.1. The van der Waals surface area contributed by atoms with Crippen LogP contribution in [0.4, 0.5) is 0 Å². The molecule has 3 N–H and O–H groups in total. The van der Waals surface area contributed by atoms with E-state index in [1.54, 1.807) is 6.07 Å². The number of phenols is 1. The maximum atomic E-state index is 9.56. The van der Waals surface area contributed by atoms with E-state index in [0.29, 0.717) is 12.4 Å². The summed E-state index contributed by atoms with van der Waals surface area (Å²) < 4.78 is 5.33. The molecule has 0 spiro atoms. The highest BCUT2D eigenvalue weighted by Crippen LogP contribution is 2.29.